The van der Waals surface area contributed by atoms with E-state index in [1.807, 2.05) is 0 Å². The van der Waals surface area contributed by atoms with Crippen LogP contribution in [-0.4, -0.2) is 23.7 Å². The van der Waals surface area contributed by atoms with Gasteiger partial charge in [0.1, 0.15) is 5.60 Å². The van der Waals surface area contributed by atoms with Crippen molar-refractivity contribution in [1.29, 1.82) is 0 Å². The Labute approximate surface area is 97.8 Å². The molecular weight excluding hydrogens is 233 g/mol. The Morgan fingerprint density at radius 1 is 1.35 bits per heavy atom. The highest BCUT2D eigenvalue weighted by Crippen LogP contribution is 2.62. The summed E-state index contributed by atoms with van der Waals surface area (Å²) >= 11 is 0. The number of ether oxygens (including phenoxy) is 1. The zero-order chi connectivity index (χ0) is 12.9. The minimum atomic E-state index is -3.51. The molecule has 0 N–H and O–H groups in total. The average Bonchev–Trinajstić information content (AvgIpc) is 2.26. The van der Waals surface area contributed by atoms with E-state index in [-0.39, 0.29) is 25.7 Å². The number of fused-ring (bicyclic) bond motifs is 3. The monoisotopic (exact) mass is 248 g/mol. The lowest BCUT2D eigenvalue weighted by atomic mass is 9.55. The minimum absolute atomic E-state index is 0.108. The van der Waals surface area contributed by atoms with Crippen LogP contribution in [0.25, 0.3) is 0 Å². The van der Waals surface area contributed by atoms with Crippen LogP contribution in [0.3, 0.4) is 0 Å². The van der Waals surface area contributed by atoms with Crippen molar-refractivity contribution in [2.75, 3.05) is 0 Å². The van der Waals surface area contributed by atoms with Crippen molar-refractivity contribution in [3.63, 3.8) is 0 Å². The Morgan fingerprint density at radius 3 is 2.29 bits per heavy atom. The number of carbonyl (C=O) groups excluding carboxylic acids is 1. The Kier molecular flexibility index (Phi) is 2.56. The van der Waals surface area contributed by atoms with Crippen LogP contribution in [0.1, 0.15) is 32.6 Å². The lowest BCUT2D eigenvalue weighted by molar-refractivity contribution is -0.279. The standard InChI is InChI=1S/C12H15F3O2/c1-3-10-4-6-11(7-5-10,17-8(2)16)9(13)12(10,14)15/h3,9H,1,4-7H2,2H3. The van der Waals surface area contributed by atoms with Gasteiger partial charge in [-0.1, -0.05) is 6.08 Å². The molecule has 2 bridgehead atoms. The highest BCUT2D eigenvalue weighted by atomic mass is 19.3. The predicted octanol–water partition coefficient (Wildman–Crippen LogP) is 3.02. The summed E-state index contributed by atoms with van der Waals surface area (Å²) in [6, 6.07) is 0. The topological polar surface area (TPSA) is 26.3 Å². The zero-order valence-corrected chi connectivity index (χ0v) is 9.64. The molecular formula is C12H15F3O2. The van der Waals surface area contributed by atoms with Crippen LogP contribution in [-0.2, 0) is 9.53 Å². The van der Waals surface area contributed by atoms with Crippen molar-refractivity contribution in [3.05, 3.63) is 12.7 Å². The fourth-order valence-electron chi connectivity index (χ4n) is 3.07. The summed E-state index contributed by atoms with van der Waals surface area (Å²) in [6.07, 6.45) is -0.797. The fraction of sp³-hybridized carbons (Fsp3) is 0.750. The molecule has 0 aromatic carbocycles. The number of hydrogen-bond acceptors (Lipinski definition) is 2. The quantitative estimate of drug-likeness (QED) is 0.554. The molecule has 2 nitrogen and oxygen atoms in total. The molecule has 0 aromatic rings. The van der Waals surface area contributed by atoms with Crippen LogP contribution < -0.4 is 0 Å². The molecule has 3 aliphatic carbocycles. The molecule has 1 atom stereocenters. The van der Waals surface area contributed by atoms with Gasteiger partial charge >= 0.3 is 5.97 Å². The van der Waals surface area contributed by atoms with E-state index in [0.717, 1.165) is 13.0 Å². The molecule has 5 heteroatoms. The van der Waals surface area contributed by atoms with Crippen LogP contribution in [0.2, 0.25) is 0 Å². The van der Waals surface area contributed by atoms with Gasteiger partial charge in [-0.25, -0.2) is 13.2 Å². The molecule has 17 heavy (non-hydrogen) atoms. The van der Waals surface area contributed by atoms with Gasteiger partial charge in [-0.05, 0) is 25.7 Å². The molecule has 0 saturated heterocycles. The Hall–Kier alpha value is -1.00. The average molecular weight is 248 g/mol. The largest absolute Gasteiger partial charge is 0.456 e. The molecule has 0 heterocycles. The van der Waals surface area contributed by atoms with E-state index in [4.69, 9.17) is 4.74 Å². The first-order chi connectivity index (χ1) is 7.80. The number of rotatable bonds is 2. The third kappa shape index (κ3) is 1.44. The Morgan fingerprint density at radius 2 is 1.88 bits per heavy atom. The number of esters is 1. The summed E-state index contributed by atoms with van der Waals surface area (Å²) in [5.41, 5.74) is -3.12. The molecule has 3 rings (SSSR count). The summed E-state index contributed by atoms with van der Waals surface area (Å²) in [6.45, 7) is 4.53. The van der Waals surface area contributed by atoms with Crippen molar-refractivity contribution < 1.29 is 22.7 Å². The van der Waals surface area contributed by atoms with Crippen LogP contribution in [0.4, 0.5) is 13.2 Å². The van der Waals surface area contributed by atoms with Crippen LogP contribution in [0.5, 0.6) is 0 Å². The van der Waals surface area contributed by atoms with Gasteiger partial charge in [-0.15, -0.1) is 6.58 Å². The molecule has 0 aliphatic heterocycles. The van der Waals surface area contributed by atoms with E-state index in [0.29, 0.717) is 0 Å². The lowest BCUT2D eigenvalue weighted by Gasteiger charge is -2.57. The molecule has 3 fully saturated rings. The summed E-state index contributed by atoms with van der Waals surface area (Å²) in [5.74, 6) is -4.22. The van der Waals surface area contributed by atoms with Crippen molar-refractivity contribution in [1.82, 2.24) is 0 Å². The van der Waals surface area contributed by atoms with Crippen LogP contribution in [0.15, 0.2) is 12.7 Å². The van der Waals surface area contributed by atoms with Gasteiger partial charge in [0.15, 0.2) is 0 Å². The molecule has 96 valence electrons. The van der Waals surface area contributed by atoms with Gasteiger partial charge in [0, 0.05) is 6.92 Å². The molecule has 0 aromatic heterocycles. The normalized spacial score (nSPS) is 43.2. The van der Waals surface area contributed by atoms with E-state index >= 15 is 0 Å². The number of allylic oxidation sites excluding steroid dienone is 1. The smallest absolute Gasteiger partial charge is 0.303 e. The van der Waals surface area contributed by atoms with Gasteiger partial charge in [-0.2, -0.15) is 0 Å². The number of halogens is 3. The van der Waals surface area contributed by atoms with Gasteiger partial charge < -0.3 is 4.74 Å². The third-order valence-electron chi connectivity index (χ3n) is 4.17. The minimum Gasteiger partial charge on any atom is -0.456 e. The molecule has 3 aliphatic rings. The maximum Gasteiger partial charge on any atom is 0.303 e. The Balaban J connectivity index is 2.38. The number of hydrogen-bond donors (Lipinski definition) is 0. The zero-order valence-electron chi connectivity index (χ0n) is 9.64. The second kappa shape index (κ2) is 3.50. The van der Waals surface area contributed by atoms with Gasteiger partial charge in [-0.3, -0.25) is 4.79 Å². The number of carbonyl (C=O) groups is 1. The molecule has 0 radical (unpaired) electrons. The number of alkyl halides is 3. The van der Waals surface area contributed by atoms with Crippen molar-refractivity contribution >= 4 is 5.97 Å². The fourth-order valence-corrected chi connectivity index (χ4v) is 3.07. The van der Waals surface area contributed by atoms with Gasteiger partial charge in [0.25, 0.3) is 5.92 Å². The SMILES string of the molecule is C=CC12CCC(OC(C)=O)(CC1)C(F)C2(F)F. The first kappa shape index (κ1) is 12.5. The first-order valence-corrected chi connectivity index (χ1v) is 5.65. The summed E-state index contributed by atoms with van der Waals surface area (Å²) in [7, 11) is 0. The Bertz CT molecular complexity index is 357. The van der Waals surface area contributed by atoms with Crippen molar-refractivity contribution in [3.8, 4) is 0 Å². The maximum absolute atomic E-state index is 14.0. The summed E-state index contributed by atoms with van der Waals surface area (Å²) in [5, 5.41) is 0. The van der Waals surface area contributed by atoms with Crippen molar-refractivity contribution in [2.45, 2.75) is 50.3 Å². The predicted molar refractivity (Wildman–Crippen MR) is 55.4 cm³/mol. The summed E-state index contributed by atoms with van der Waals surface area (Å²) < 4.78 is 46.9. The van der Waals surface area contributed by atoms with Crippen LogP contribution in [0, 0.1) is 5.41 Å². The van der Waals surface area contributed by atoms with Crippen molar-refractivity contribution in [2.24, 2.45) is 5.41 Å². The van der Waals surface area contributed by atoms with E-state index in [1.165, 1.54) is 0 Å². The highest BCUT2D eigenvalue weighted by molar-refractivity contribution is 5.66. The molecule has 0 spiro atoms. The third-order valence-corrected chi connectivity index (χ3v) is 4.17. The van der Waals surface area contributed by atoms with Gasteiger partial charge in [0.2, 0.25) is 6.17 Å². The summed E-state index contributed by atoms with van der Waals surface area (Å²) in [4.78, 5) is 10.9. The lowest BCUT2D eigenvalue weighted by Crippen LogP contribution is -2.67. The van der Waals surface area contributed by atoms with E-state index in [1.54, 1.807) is 0 Å². The highest BCUT2D eigenvalue weighted by Gasteiger charge is 2.72. The maximum atomic E-state index is 14.0. The van der Waals surface area contributed by atoms with E-state index in [2.05, 4.69) is 6.58 Å². The first-order valence-electron chi connectivity index (χ1n) is 5.65. The van der Waals surface area contributed by atoms with E-state index in [9.17, 15) is 18.0 Å². The van der Waals surface area contributed by atoms with Gasteiger partial charge in [0.05, 0.1) is 5.41 Å². The molecule has 3 saturated carbocycles. The second-order valence-electron chi connectivity index (χ2n) is 5.00. The second-order valence-corrected chi connectivity index (χ2v) is 5.00. The van der Waals surface area contributed by atoms with E-state index < -0.39 is 29.1 Å². The molecule has 1 unspecified atom stereocenters. The van der Waals surface area contributed by atoms with Crippen LogP contribution >= 0.6 is 0 Å². The molecule has 0 amide bonds.